The van der Waals surface area contributed by atoms with Gasteiger partial charge in [-0.15, -0.1) is 0 Å². The topological polar surface area (TPSA) is 30.0 Å². The predicted octanol–water partition coefficient (Wildman–Crippen LogP) is 3.26. The molecule has 1 radical (unpaired) electrons. The molecule has 0 heterocycles. The Labute approximate surface area is 107 Å². The van der Waals surface area contributed by atoms with Gasteiger partial charge in [0.25, 0.3) is 0 Å². The molecule has 15 heavy (non-hydrogen) atoms. The first-order chi connectivity index (χ1) is 6.24. The van der Waals surface area contributed by atoms with E-state index in [1.165, 1.54) is 56.3 Å². The molecule has 0 saturated carbocycles. The van der Waals surface area contributed by atoms with Crippen LogP contribution in [0.4, 0.5) is 0 Å². The molecule has 0 rings (SSSR count). The normalized spacial score (nSPS) is 10.4. The zero-order chi connectivity index (χ0) is 10.2. The summed E-state index contributed by atoms with van der Waals surface area (Å²) in [5, 5.41) is 0. The summed E-state index contributed by atoms with van der Waals surface area (Å²) in [7, 11) is 0. The molecule has 95 valence electrons. The SMILES string of the molecule is CCC[N+](CCC)(CCC)CCC.[Mn].[OH-]. The fourth-order valence-electron chi connectivity index (χ4n) is 2.57. The van der Waals surface area contributed by atoms with Crippen molar-refractivity contribution in [2.75, 3.05) is 26.2 Å². The summed E-state index contributed by atoms with van der Waals surface area (Å²) in [6.07, 6.45) is 5.33. The molecule has 0 amide bonds. The zero-order valence-corrected chi connectivity index (χ0v) is 12.1. The largest absolute Gasteiger partial charge is 0.870 e. The van der Waals surface area contributed by atoms with Gasteiger partial charge in [-0.25, -0.2) is 0 Å². The van der Waals surface area contributed by atoms with E-state index in [-0.39, 0.29) is 22.5 Å². The van der Waals surface area contributed by atoms with Gasteiger partial charge < -0.3 is 9.96 Å². The summed E-state index contributed by atoms with van der Waals surface area (Å²) in [6.45, 7) is 14.8. The van der Waals surface area contributed by atoms with Crippen molar-refractivity contribution < 1.29 is 27.0 Å². The van der Waals surface area contributed by atoms with Crippen LogP contribution in [0.15, 0.2) is 0 Å². The second kappa shape index (κ2) is 12.5. The van der Waals surface area contributed by atoms with Gasteiger partial charge >= 0.3 is 0 Å². The molecule has 3 heteroatoms. The van der Waals surface area contributed by atoms with Crippen molar-refractivity contribution in [2.24, 2.45) is 0 Å². The second-order valence-electron chi connectivity index (χ2n) is 4.24. The molecule has 2 nitrogen and oxygen atoms in total. The number of rotatable bonds is 8. The van der Waals surface area contributed by atoms with E-state index in [9.17, 15) is 0 Å². The maximum Gasteiger partial charge on any atom is 0.0783 e. The van der Waals surface area contributed by atoms with Gasteiger partial charge in [-0.1, -0.05) is 27.7 Å². The van der Waals surface area contributed by atoms with Crippen LogP contribution in [-0.4, -0.2) is 36.1 Å². The third-order valence-corrected chi connectivity index (χ3v) is 2.79. The molecule has 1 N–H and O–H groups in total. The second-order valence-corrected chi connectivity index (χ2v) is 4.24. The zero-order valence-electron chi connectivity index (χ0n) is 10.9. The van der Waals surface area contributed by atoms with Crippen LogP contribution in [0.25, 0.3) is 0 Å². The Bertz CT molecular complexity index is 90.7. The van der Waals surface area contributed by atoms with Crippen LogP contribution in [0, 0.1) is 0 Å². The van der Waals surface area contributed by atoms with E-state index >= 15 is 0 Å². The Kier molecular flexibility index (Phi) is 17.3. The van der Waals surface area contributed by atoms with Crippen LogP contribution in [0.2, 0.25) is 0 Å². The molecular weight excluding hydrogens is 229 g/mol. The quantitative estimate of drug-likeness (QED) is 0.485. The van der Waals surface area contributed by atoms with Gasteiger partial charge in [-0.05, 0) is 25.7 Å². The van der Waals surface area contributed by atoms with Gasteiger partial charge in [-0.3, -0.25) is 0 Å². The predicted molar refractivity (Wildman–Crippen MR) is 62.8 cm³/mol. The smallest absolute Gasteiger partial charge is 0.0783 e. The maximum atomic E-state index is 2.31. The van der Waals surface area contributed by atoms with Crippen molar-refractivity contribution in [1.29, 1.82) is 0 Å². The van der Waals surface area contributed by atoms with Crippen molar-refractivity contribution in [2.45, 2.75) is 53.4 Å². The van der Waals surface area contributed by atoms with Crippen LogP contribution in [0.1, 0.15) is 53.4 Å². The minimum atomic E-state index is 0. The van der Waals surface area contributed by atoms with Crippen LogP contribution in [0.3, 0.4) is 0 Å². The Balaban J connectivity index is -0.000000720. The molecule has 0 aromatic carbocycles. The molecule has 0 unspecified atom stereocenters. The number of hydrogen-bond acceptors (Lipinski definition) is 1. The Hall–Kier alpha value is 0.439. The monoisotopic (exact) mass is 258 g/mol. The van der Waals surface area contributed by atoms with Crippen LogP contribution in [0.5, 0.6) is 0 Å². The van der Waals surface area contributed by atoms with E-state index in [1.54, 1.807) is 0 Å². The standard InChI is InChI=1S/C12H28N.Mn.H2O/c1-5-9-13(10-6-2,11-7-3)12-8-4;;/h5-12H2,1-4H3;;1H2/q+1;;/p-1. The van der Waals surface area contributed by atoms with Gasteiger partial charge in [0, 0.05) is 17.1 Å². The number of nitrogens with zero attached hydrogens (tertiary/aromatic N) is 1. The number of hydrogen-bond donors (Lipinski definition) is 0. The third kappa shape index (κ3) is 8.27. The molecule has 0 aliphatic carbocycles. The molecule has 0 atom stereocenters. The van der Waals surface area contributed by atoms with E-state index in [1.807, 2.05) is 0 Å². The van der Waals surface area contributed by atoms with Crippen molar-refractivity contribution >= 4 is 0 Å². The molecule has 0 aromatic heterocycles. The minimum absolute atomic E-state index is 0. The van der Waals surface area contributed by atoms with Crippen LogP contribution < -0.4 is 0 Å². The van der Waals surface area contributed by atoms with E-state index in [0.717, 1.165) is 0 Å². The first-order valence-electron chi connectivity index (χ1n) is 6.09. The fraction of sp³-hybridized carbons (Fsp3) is 1.00. The van der Waals surface area contributed by atoms with Crippen molar-refractivity contribution in [3.63, 3.8) is 0 Å². The van der Waals surface area contributed by atoms with E-state index < -0.39 is 0 Å². The maximum absolute atomic E-state index is 2.31. The van der Waals surface area contributed by atoms with E-state index in [4.69, 9.17) is 0 Å². The van der Waals surface area contributed by atoms with E-state index in [0.29, 0.717) is 0 Å². The molecule has 0 aromatic rings. The molecule has 0 aliphatic heterocycles. The van der Waals surface area contributed by atoms with Gasteiger partial charge in [0.1, 0.15) is 0 Å². The Morgan fingerprint density at radius 3 is 0.933 bits per heavy atom. The summed E-state index contributed by atoms with van der Waals surface area (Å²) in [5.41, 5.74) is 0. The molecular formula is C12H29MnNO. The van der Waals surface area contributed by atoms with E-state index in [2.05, 4.69) is 27.7 Å². The fourth-order valence-corrected chi connectivity index (χ4v) is 2.57. The summed E-state index contributed by atoms with van der Waals surface area (Å²) in [5.74, 6) is 0. The summed E-state index contributed by atoms with van der Waals surface area (Å²) >= 11 is 0. The van der Waals surface area contributed by atoms with Gasteiger partial charge in [0.2, 0.25) is 0 Å². The average molecular weight is 258 g/mol. The Morgan fingerprint density at radius 2 is 0.800 bits per heavy atom. The average Bonchev–Trinajstić information content (AvgIpc) is 2.06. The summed E-state index contributed by atoms with van der Waals surface area (Å²) < 4.78 is 1.38. The Morgan fingerprint density at radius 1 is 0.600 bits per heavy atom. The van der Waals surface area contributed by atoms with Crippen LogP contribution >= 0.6 is 0 Å². The number of quaternary nitrogens is 1. The van der Waals surface area contributed by atoms with Crippen molar-refractivity contribution in [3.05, 3.63) is 0 Å². The molecule has 0 fully saturated rings. The molecule has 0 spiro atoms. The van der Waals surface area contributed by atoms with Crippen molar-refractivity contribution in [3.8, 4) is 0 Å². The summed E-state index contributed by atoms with van der Waals surface area (Å²) in [4.78, 5) is 0. The first kappa shape index (κ1) is 20.8. The first-order valence-corrected chi connectivity index (χ1v) is 6.09. The van der Waals surface area contributed by atoms with Crippen molar-refractivity contribution in [1.82, 2.24) is 0 Å². The summed E-state index contributed by atoms with van der Waals surface area (Å²) in [6, 6.07) is 0. The van der Waals surface area contributed by atoms with Gasteiger partial charge in [0.15, 0.2) is 0 Å². The molecule has 0 bridgehead atoms. The van der Waals surface area contributed by atoms with Crippen LogP contribution in [-0.2, 0) is 17.1 Å². The van der Waals surface area contributed by atoms with Gasteiger partial charge in [0.05, 0.1) is 26.2 Å². The minimum Gasteiger partial charge on any atom is -0.870 e. The van der Waals surface area contributed by atoms with Gasteiger partial charge in [-0.2, -0.15) is 0 Å². The molecule has 0 aliphatic rings. The third-order valence-electron chi connectivity index (χ3n) is 2.79. The molecule has 0 saturated heterocycles.